The Morgan fingerprint density at radius 2 is 2.26 bits per heavy atom. The lowest BCUT2D eigenvalue weighted by atomic mass is 10.2. The summed E-state index contributed by atoms with van der Waals surface area (Å²) in [5, 5.41) is 7.02. The van der Waals surface area contributed by atoms with Gasteiger partial charge in [-0.1, -0.05) is 6.07 Å². The molecule has 2 aromatic rings. The van der Waals surface area contributed by atoms with Crippen LogP contribution in [0.3, 0.4) is 0 Å². The standard InChI is InChI=1S/C19H25N5O3/c1-2-24-13-15(12-22-24)19(26)23-10-11-27-17(14-23)18(25)21-9-5-7-16-6-3-4-8-20-16/h3-4,6,8,12-13,17H,2,5,7,9-11,14H2,1H3,(H,21,25). The molecule has 0 saturated carbocycles. The molecule has 0 radical (unpaired) electrons. The van der Waals surface area contributed by atoms with Crippen molar-refractivity contribution in [2.75, 3.05) is 26.2 Å². The van der Waals surface area contributed by atoms with Crippen molar-refractivity contribution in [3.8, 4) is 0 Å². The Kier molecular flexibility index (Phi) is 6.54. The van der Waals surface area contributed by atoms with Crippen LogP contribution in [0.15, 0.2) is 36.8 Å². The van der Waals surface area contributed by atoms with E-state index in [1.165, 1.54) is 0 Å². The molecule has 3 rings (SSSR count). The van der Waals surface area contributed by atoms with Gasteiger partial charge in [-0.25, -0.2) is 0 Å². The molecule has 1 saturated heterocycles. The van der Waals surface area contributed by atoms with Gasteiger partial charge >= 0.3 is 0 Å². The fraction of sp³-hybridized carbons (Fsp3) is 0.474. The van der Waals surface area contributed by atoms with Gasteiger partial charge in [0.05, 0.1) is 24.9 Å². The highest BCUT2D eigenvalue weighted by Crippen LogP contribution is 2.11. The quantitative estimate of drug-likeness (QED) is 0.730. The van der Waals surface area contributed by atoms with Crippen LogP contribution in [0.4, 0.5) is 0 Å². The Morgan fingerprint density at radius 1 is 1.37 bits per heavy atom. The van der Waals surface area contributed by atoms with Crippen molar-refractivity contribution < 1.29 is 14.3 Å². The van der Waals surface area contributed by atoms with E-state index in [9.17, 15) is 9.59 Å². The minimum Gasteiger partial charge on any atom is -0.365 e. The predicted octanol–water partition coefficient (Wildman–Crippen LogP) is 0.888. The number of carbonyl (C=O) groups is 2. The number of pyridine rings is 1. The fourth-order valence-corrected chi connectivity index (χ4v) is 2.96. The molecule has 1 atom stereocenters. The summed E-state index contributed by atoms with van der Waals surface area (Å²) in [6, 6.07) is 5.80. The zero-order chi connectivity index (χ0) is 19.1. The van der Waals surface area contributed by atoms with E-state index >= 15 is 0 Å². The first kappa shape index (κ1) is 19.0. The van der Waals surface area contributed by atoms with Gasteiger partial charge in [-0.05, 0) is 31.9 Å². The van der Waals surface area contributed by atoms with E-state index in [1.807, 2.05) is 25.1 Å². The molecule has 8 heteroatoms. The number of amides is 2. The van der Waals surface area contributed by atoms with Crippen LogP contribution in [-0.4, -0.2) is 63.8 Å². The van der Waals surface area contributed by atoms with Gasteiger partial charge in [0.1, 0.15) is 0 Å². The largest absolute Gasteiger partial charge is 0.365 e. The topological polar surface area (TPSA) is 89.4 Å². The Labute approximate surface area is 158 Å². The van der Waals surface area contributed by atoms with Gasteiger partial charge in [-0.15, -0.1) is 0 Å². The lowest BCUT2D eigenvalue weighted by Gasteiger charge is -2.32. The third-order valence-electron chi connectivity index (χ3n) is 4.49. The molecule has 8 nitrogen and oxygen atoms in total. The van der Waals surface area contributed by atoms with E-state index in [0.29, 0.717) is 31.8 Å². The average Bonchev–Trinajstić information content (AvgIpc) is 3.20. The van der Waals surface area contributed by atoms with Gasteiger partial charge in [0.15, 0.2) is 6.10 Å². The molecule has 0 aromatic carbocycles. The molecule has 1 fully saturated rings. The Morgan fingerprint density at radius 3 is 3.00 bits per heavy atom. The van der Waals surface area contributed by atoms with Crippen LogP contribution in [-0.2, 0) is 22.5 Å². The van der Waals surface area contributed by atoms with Crippen molar-refractivity contribution >= 4 is 11.8 Å². The second kappa shape index (κ2) is 9.27. The van der Waals surface area contributed by atoms with E-state index in [-0.39, 0.29) is 18.4 Å². The minimum atomic E-state index is -0.640. The Balaban J connectivity index is 1.45. The van der Waals surface area contributed by atoms with E-state index in [1.54, 1.807) is 28.2 Å². The summed E-state index contributed by atoms with van der Waals surface area (Å²) >= 11 is 0. The average molecular weight is 371 g/mol. The molecule has 0 spiro atoms. The molecule has 2 amide bonds. The maximum Gasteiger partial charge on any atom is 0.257 e. The monoisotopic (exact) mass is 371 g/mol. The maximum absolute atomic E-state index is 12.6. The van der Waals surface area contributed by atoms with E-state index < -0.39 is 6.10 Å². The smallest absolute Gasteiger partial charge is 0.257 e. The summed E-state index contributed by atoms with van der Waals surface area (Å²) < 4.78 is 7.27. The minimum absolute atomic E-state index is 0.119. The molecular formula is C19H25N5O3. The third kappa shape index (κ3) is 5.13. The molecule has 2 aromatic heterocycles. The third-order valence-corrected chi connectivity index (χ3v) is 4.49. The number of hydrogen-bond acceptors (Lipinski definition) is 5. The highest BCUT2D eigenvalue weighted by Gasteiger charge is 2.30. The number of aromatic nitrogens is 3. The number of hydrogen-bond donors (Lipinski definition) is 1. The number of aryl methyl sites for hydroxylation is 2. The number of ether oxygens (including phenoxy) is 1. The number of rotatable bonds is 7. The van der Waals surface area contributed by atoms with Crippen LogP contribution in [0.2, 0.25) is 0 Å². The van der Waals surface area contributed by atoms with Gasteiger partial charge in [0.25, 0.3) is 11.8 Å². The molecule has 0 aliphatic carbocycles. The lowest BCUT2D eigenvalue weighted by molar-refractivity contribution is -0.137. The summed E-state index contributed by atoms with van der Waals surface area (Å²) in [4.78, 5) is 30.9. The highest BCUT2D eigenvalue weighted by molar-refractivity contribution is 5.94. The lowest BCUT2D eigenvalue weighted by Crippen LogP contribution is -2.51. The molecular weight excluding hydrogens is 346 g/mol. The van der Waals surface area contributed by atoms with Gasteiger partial charge in [0, 0.05) is 37.7 Å². The molecule has 1 unspecified atom stereocenters. The van der Waals surface area contributed by atoms with E-state index in [2.05, 4.69) is 15.4 Å². The molecule has 0 bridgehead atoms. The van der Waals surface area contributed by atoms with Gasteiger partial charge in [-0.2, -0.15) is 5.10 Å². The van der Waals surface area contributed by atoms with E-state index in [0.717, 1.165) is 18.5 Å². The normalized spacial score (nSPS) is 16.9. The van der Waals surface area contributed by atoms with Crippen molar-refractivity contribution in [3.63, 3.8) is 0 Å². The Hall–Kier alpha value is -2.74. The second-order valence-corrected chi connectivity index (χ2v) is 6.41. The summed E-state index contributed by atoms with van der Waals surface area (Å²) in [6.07, 6.45) is 6.02. The molecule has 1 aliphatic rings. The van der Waals surface area contributed by atoms with Crippen LogP contribution in [0, 0.1) is 0 Å². The molecule has 27 heavy (non-hydrogen) atoms. The van der Waals surface area contributed by atoms with Crippen LogP contribution >= 0.6 is 0 Å². The molecule has 3 heterocycles. The first-order valence-electron chi connectivity index (χ1n) is 9.28. The maximum atomic E-state index is 12.6. The van der Waals surface area contributed by atoms with Crippen molar-refractivity contribution in [1.29, 1.82) is 0 Å². The molecule has 144 valence electrons. The fourth-order valence-electron chi connectivity index (χ4n) is 2.96. The molecule has 1 N–H and O–H groups in total. The summed E-state index contributed by atoms with van der Waals surface area (Å²) in [6.45, 7) is 4.29. The summed E-state index contributed by atoms with van der Waals surface area (Å²) in [5.74, 6) is -0.302. The van der Waals surface area contributed by atoms with Crippen molar-refractivity contribution in [2.24, 2.45) is 0 Å². The Bertz CT molecular complexity index is 762. The first-order chi connectivity index (χ1) is 13.2. The summed E-state index contributed by atoms with van der Waals surface area (Å²) in [7, 11) is 0. The number of nitrogens with one attached hydrogen (secondary N) is 1. The van der Waals surface area contributed by atoms with Crippen molar-refractivity contribution in [2.45, 2.75) is 32.4 Å². The van der Waals surface area contributed by atoms with Gasteiger partial charge in [0.2, 0.25) is 0 Å². The van der Waals surface area contributed by atoms with E-state index in [4.69, 9.17) is 4.74 Å². The predicted molar refractivity (Wildman–Crippen MR) is 99.1 cm³/mol. The van der Waals surface area contributed by atoms with Crippen molar-refractivity contribution in [1.82, 2.24) is 25.0 Å². The SMILES string of the molecule is CCn1cc(C(=O)N2CCOC(C(=O)NCCCc3ccccn3)C2)cn1. The first-order valence-corrected chi connectivity index (χ1v) is 9.28. The highest BCUT2D eigenvalue weighted by atomic mass is 16.5. The van der Waals surface area contributed by atoms with Crippen LogP contribution in [0.25, 0.3) is 0 Å². The van der Waals surface area contributed by atoms with Gasteiger partial charge in [-0.3, -0.25) is 19.3 Å². The van der Waals surface area contributed by atoms with Crippen molar-refractivity contribution in [3.05, 3.63) is 48.0 Å². The van der Waals surface area contributed by atoms with Crippen LogP contribution in [0.5, 0.6) is 0 Å². The zero-order valence-electron chi connectivity index (χ0n) is 15.5. The van der Waals surface area contributed by atoms with Crippen LogP contribution < -0.4 is 5.32 Å². The van der Waals surface area contributed by atoms with Crippen LogP contribution in [0.1, 0.15) is 29.4 Å². The van der Waals surface area contributed by atoms with Gasteiger partial charge < -0.3 is 15.0 Å². The number of nitrogens with zero attached hydrogens (tertiary/aromatic N) is 4. The zero-order valence-corrected chi connectivity index (χ0v) is 15.5. The second-order valence-electron chi connectivity index (χ2n) is 6.41. The number of carbonyl (C=O) groups excluding carboxylic acids is 2. The number of morpholine rings is 1. The summed E-state index contributed by atoms with van der Waals surface area (Å²) in [5.41, 5.74) is 1.54. The molecule has 1 aliphatic heterocycles.